The van der Waals surface area contributed by atoms with E-state index in [9.17, 15) is 0 Å². The zero-order valence-electron chi connectivity index (χ0n) is 10.7. The van der Waals surface area contributed by atoms with E-state index in [2.05, 4.69) is 36.4 Å². The van der Waals surface area contributed by atoms with Gasteiger partial charge in [-0.25, -0.2) is 0 Å². The summed E-state index contributed by atoms with van der Waals surface area (Å²) in [6, 6.07) is 0.628. The van der Waals surface area contributed by atoms with Crippen LogP contribution < -0.4 is 5.32 Å². The molecule has 0 saturated heterocycles. The fourth-order valence-corrected chi connectivity index (χ4v) is 2.12. The van der Waals surface area contributed by atoms with E-state index in [1.54, 1.807) is 6.20 Å². The van der Waals surface area contributed by atoms with Gasteiger partial charge in [-0.05, 0) is 18.8 Å². The Bertz CT molecular complexity index is 258. The molecule has 4 heteroatoms. The SMILES string of the molecule is CCCC(C)C(CC)NCCn1ccnn1. The monoisotopic (exact) mass is 224 g/mol. The lowest BCUT2D eigenvalue weighted by Crippen LogP contribution is -2.36. The fraction of sp³-hybridized carbons (Fsp3) is 0.833. The minimum Gasteiger partial charge on any atom is -0.312 e. The van der Waals surface area contributed by atoms with E-state index >= 15 is 0 Å². The topological polar surface area (TPSA) is 42.7 Å². The second-order valence-corrected chi connectivity index (χ2v) is 4.40. The van der Waals surface area contributed by atoms with Crippen LogP contribution in [0.15, 0.2) is 12.4 Å². The first-order valence-corrected chi connectivity index (χ1v) is 6.35. The maximum atomic E-state index is 3.95. The summed E-state index contributed by atoms with van der Waals surface area (Å²) in [6.07, 6.45) is 7.38. The Balaban J connectivity index is 2.23. The summed E-state index contributed by atoms with van der Waals surface area (Å²) in [5.74, 6) is 0.755. The summed E-state index contributed by atoms with van der Waals surface area (Å²) in [4.78, 5) is 0. The molecule has 0 amide bonds. The molecule has 0 fully saturated rings. The van der Waals surface area contributed by atoms with Crippen LogP contribution in [-0.4, -0.2) is 27.6 Å². The molecule has 1 aromatic heterocycles. The molecule has 92 valence electrons. The van der Waals surface area contributed by atoms with Crippen molar-refractivity contribution in [2.24, 2.45) is 5.92 Å². The van der Waals surface area contributed by atoms with Gasteiger partial charge in [-0.3, -0.25) is 4.68 Å². The molecule has 2 atom stereocenters. The molecule has 0 aliphatic rings. The second kappa shape index (κ2) is 7.39. The summed E-state index contributed by atoms with van der Waals surface area (Å²) in [7, 11) is 0. The van der Waals surface area contributed by atoms with Crippen molar-refractivity contribution in [3.8, 4) is 0 Å². The number of nitrogens with zero attached hydrogens (tertiary/aromatic N) is 3. The quantitative estimate of drug-likeness (QED) is 0.735. The highest BCUT2D eigenvalue weighted by atomic mass is 15.4. The van der Waals surface area contributed by atoms with E-state index in [4.69, 9.17) is 0 Å². The van der Waals surface area contributed by atoms with Crippen LogP contribution in [0.3, 0.4) is 0 Å². The molecule has 0 aliphatic carbocycles. The van der Waals surface area contributed by atoms with Gasteiger partial charge in [-0.1, -0.05) is 32.4 Å². The van der Waals surface area contributed by atoms with Crippen LogP contribution in [0.5, 0.6) is 0 Å². The van der Waals surface area contributed by atoms with Gasteiger partial charge in [0.05, 0.1) is 12.7 Å². The molecule has 0 spiro atoms. The first-order chi connectivity index (χ1) is 7.77. The smallest absolute Gasteiger partial charge is 0.0692 e. The molecule has 1 rings (SSSR count). The van der Waals surface area contributed by atoms with Gasteiger partial charge >= 0.3 is 0 Å². The van der Waals surface area contributed by atoms with Crippen LogP contribution in [0.4, 0.5) is 0 Å². The van der Waals surface area contributed by atoms with Crippen molar-refractivity contribution in [3.05, 3.63) is 12.4 Å². The highest BCUT2D eigenvalue weighted by Gasteiger charge is 2.13. The van der Waals surface area contributed by atoms with Gasteiger partial charge in [0.15, 0.2) is 0 Å². The molecule has 0 radical (unpaired) electrons. The highest BCUT2D eigenvalue weighted by molar-refractivity contribution is 4.72. The Morgan fingerprint density at radius 1 is 1.38 bits per heavy atom. The fourth-order valence-electron chi connectivity index (χ4n) is 2.12. The third-order valence-electron chi connectivity index (χ3n) is 3.09. The van der Waals surface area contributed by atoms with E-state index in [0.29, 0.717) is 6.04 Å². The Hall–Kier alpha value is -0.900. The van der Waals surface area contributed by atoms with Crippen molar-refractivity contribution in [1.29, 1.82) is 0 Å². The van der Waals surface area contributed by atoms with E-state index in [1.807, 2.05) is 10.9 Å². The third kappa shape index (κ3) is 4.31. The van der Waals surface area contributed by atoms with Crippen molar-refractivity contribution in [2.45, 2.75) is 52.6 Å². The van der Waals surface area contributed by atoms with Crippen molar-refractivity contribution < 1.29 is 0 Å². The minimum absolute atomic E-state index is 0.628. The summed E-state index contributed by atoms with van der Waals surface area (Å²) >= 11 is 0. The molecule has 0 aliphatic heterocycles. The molecule has 0 saturated carbocycles. The number of nitrogens with one attached hydrogen (secondary N) is 1. The number of aromatic nitrogens is 3. The normalized spacial score (nSPS) is 14.9. The molecule has 1 N–H and O–H groups in total. The summed E-state index contributed by atoms with van der Waals surface area (Å²) in [5.41, 5.74) is 0. The van der Waals surface area contributed by atoms with Crippen molar-refractivity contribution in [3.63, 3.8) is 0 Å². The number of hydrogen-bond donors (Lipinski definition) is 1. The molecular formula is C12H24N4. The Labute approximate surface area is 98.4 Å². The first-order valence-electron chi connectivity index (χ1n) is 6.35. The van der Waals surface area contributed by atoms with Crippen LogP contribution in [0, 0.1) is 5.92 Å². The van der Waals surface area contributed by atoms with E-state index in [0.717, 1.165) is 19.0 Å². The lowest BCUT2D eigenvalue weighted by molar-refractivity contribution is 0.338. The Kier molecular flexibility index (Phi) is 6.08. The molecule has 0 aromatic carbocycles. The lowest BCUT2D eigenvalue weighted by atomic mass is 9.95. The molecule has 1 aromatic rings. The average molecular weight is 224 g/mol. The van der Waals surface area contributed by atoms with Crippen LogP contribution in [0.2, 0.25) is 0 Å². The molecule has 16 heavy (non-hydrogen) atoms. The molecular weight excluding hydrogens is 200 g/mol. The van der Waals surface area contributed by atoms with Crippen molar-refractivity contribution in [1.82, 2.24) is 20.3 Å². The number of hydrogen-bond acceptors (Lipinski definition) is 3. The molecule has 0 bridgehead atoms. The zero-order chi connectivity index (χ0) is 11.8. The summed E-state index contributed by atoms with van der Waals surface area (Å²) < 4.78 is 1.87. The third-order valence-corrected chi connectivity index (χ3v) is 3.09. The van der Waals surface area contributed by atoms with Gasteiger partial charge in [0.2, 0.25) is 0 Å². The van der Waals surface area contributed by atoms with E-state index in [-0.39, 0.29) is 0 Å². The maximum Gasteiger partial charge on any atom is 0.0692 e. The van der Waals surface area contributed by atoms with Gasteiger partial charge in [0, 0.05) is 18.8 Å². The van der Waals surface area contributed by atoms with E-state index in [1.165, 1.54) is 19.3 Å². The predicted octanol–water partition coefficient (Wildman–Crippen LogP) is 2.08. The average Bonchev–Trinajstić information content (AvgIpc) is 2.77. The summed E-state index contributed by atoms with van der Waals surface area (Å²) in [6.45, 7) is 8.70. The van der Waals surface area contributed by atoms with Gasteiger partial charge < -0.3 is 5.32 Å². The number of rotatable bonds is 8. The second-order valence-electron chi connectivity index (χ2n) is 4.40. The van der Waals surface area contributed by atoms with Crippen LogP contribution in [0.1, 0.15) is 40.0 Å². The van der Waals surface area contributed by atoms with Crippen LogP contribution in [0.25, 0.3) is 0 Å². The molecule has 2 unspecified atom stereocenters. The van der Waals surface area contributed by atoms with Gasteiger partial charge in [-0.15, -0.1) is 5.10 Å². The zero-order valence-corrected chi connectivity index (χ0v) is 10.7. The largest absolute Gasteiger partial charge is 0.312 e. The van der Waals surface area contributed by atoms with Crippen molar-refractivity contribution in [2.75, 3.05) is 6.54 Å². The van der Waals surface area contributed by atoms with Crippen molar-refractivity contribution >= 4 is 0 Å². The highest BCUT2D eigenvalue weighted by Crippen LogP contribution is 2.12. The van der Waals surface area contributed by atoms with Gasteiger partial charge in [0.25, 0.3) is 0 Å². The van der Waals surface area contributed by atoms with Crippen LogP contribution >= 0.6 is 0 Å². The van der Waals surface area contributed by atoms with Gasteiger partial charge in [-0.2, -0.15) is 0 Å². The Morgan fingerprint density at radius 2 is 2.19 bits per heavy atom. The summed E-state index contributed by atoms with van der Waals surface area (Å²) in [5, 5.41) is 11.3. The molecule has 4 nitrogen and oxygen atoms in total. The van der Waals surface area contributed by atoms with Gasteiger partial charge in [0.1, 0.15) is 0 Å². The van der Waals surface area contributed by atoms with E-state index < -0.39 is 0 Å². The predicted molar refractivity (Wildman–Crippen MR) is 66.2 cm³/mol. The maximum absolute atomic E-state index is 3.95. The minimum atomic E-state index is 0.628. The van der Waals surface area contributed by atoms with Crippen LogP contribution in [-0.2, 0) is 6.54 Å². The molecule has 1 heterocycles. The Morgan fingerprint density at radius 3 is 2.75 bits per heavy atom. The first kappa shape index (κ1) is 13.2. The standard InChI is InChI=1S/C12H24N4/c1-4-6-11(3)12(5-2)13-7-9-16-10-8-14-15-16/h8,10-13H,4-7,9H2,1-3H3. The lowest BCUT2D eigenvalue weighted by Gasteiger charge is -2.23.